The first-order valence-electron chi connectivity index (χ1n) is 7.85. The van der Waals surface area contributed by atoms with Crippen LogP contribution in [0.25, 0.3) is 0 Å². The molecule has 1 N–H and O–H groups in total. The van der Waals surface area contributed by atoms with Crippen molar-refractivity contribution < 1.29 is 9.53 Å². The molecule has 1 aromatic carbocycles. The lowest BCUT2D eigenvalue weighted by Crippen LogP contribution is -2.23. The predicted octanol–water partition coefficient (Wildman–Crippen LogP) is 4.19. The number of carbonyl (C=O) groups is 1. The monoisotopic (exact) mass is 389 g/mol. The quantitative estimate of drug-likeness (QED) is 0.851. The number of hydrogen-bond donors (Lipinski definition) is 1. The van der Waals surface area contributed by atoms with Crippen molar-refractivity contribution in [2.75, 3.05) is 19.0 Å². The van der Waals surface area contributed by atoms with Crippen molar-refractivity contribution in [2.24, 2.45) is 0 Å². The summed E-state index contributed by atoms with van der Waals surface area (Å²) in [6, 6.07) is 3.95. The molecule has 0 bridgehead atoms. The standard InChI is InChI=1S/C18H20BrN3O2/c1-5-22-9-13-15(18(22)23)17(12(19)8-20-13)21-16-10(2)6-7-14(24-4)11(16)3/h6-8H,5,9H2,1-4H3,(H,20,21). The van der Waals surface area contributed by atoms with Gasteiger partial charge in [-0.15, -0.1) is 0 Å². The van der Waals surface area contributed by atoms with E-state index in [-0.39, 0.29) is 5.91 Å². The summed E-state index contributed by atoms with van der Waals surface area (Å²) >= 11 is 3.53. The van der Waals surface area contributed by atoms with Crippen molar-refractivity contribution in [1.82, 2.24) is 9.88 Å². The van der Waals surface area contributed by atoms with Crippen LogP contribution in [-0.2, 0) is 6.54 Å². The molecule has 1 amide bonds. The second-order valence-electron chi connectivity index (χ2n) is 5.83. The summed E-state index contributed by atoms with van der Waals surface area (Å²) in [5.74, 6) is 0.827. The first-order valence-corrected chi connectivity index (χ1v) is 8.65. The summed E-state index contributed by atoms with van der Waals surface area (Å²) < 4.78 is 6.19. The number of methoxy groups -OCH3 is 1. The highest BCUT2D eigenvalue weighted by Gasteiger charge is 2.31. The van der Waals surface area contributed by atoms with Gasteiger partial charge >= 0.3 is 0 Å². The van der Waals surface area contributed by atoms with E-state index < -0.39 is 0 Å². The summed E-state index contributed by atoms with van der Waals surface area (Å²) in [5, 5.41) is 3.44. The number of halogens is 1. The first-order chi connectivity index (χ1) is 11.5. The van der Waals surface area contributed by atoms with Crippen LogP contribution >= 0.6 is 15.9 Å². The minimum Gasteiger partial charge on any atom is -0.496 e. The van der Waals surface area contributed by atoms with Crippen LogP contribution < -0.4 is 10.1 Å². The third-order valence-corrected chi connectivity index (χ3v) is 5.03. The van der Waals surface area contributed by atoms with Crippen LogP contribution in [0.3, 0.4) is 0 Å². The van der Waals surface area contributed by atoms with Crippen molar-refractivity contribution >= 4 is 33.2 Å². The van der Waals surface area contributed by atoms with Crippen LogP contribution in [0, 0.1) is 13.8 Å². The highest BCUT2D eigenvalue weighted by atomic mass is 79.9. The maximum absolute atomic E-state index is 12.7. The number of nitrogens with one attached hydrogen (secondary N) is 1. The Balaban J connectivity index is 2.11. The Hall–Kier alpha value is -2.08. The van der Waals surface area contributed by atoms with Crippen molar-refractivity contribution in [2.45, 2.75) is 27.3 Å². The zero-order valence-electron chi connectivity index (χ0n) is 14.2. The van der Waals surface area contributed by atoms with E-state index in [9.17, 15) is 4.79 Å². The van der Waals surface area contributed by atoms with Gasteiger partial charge in [0.2, 0.25) is 0 Å². The molecule has 0 spiro atoms. The first kappa shape index (κ1) is 16.8. The number of anilines is 2. The molecule has 2 heterocycles. The lowest BCUT2D eigenvalue weighted by Gasteiger charge is -2.18. The Morgan fingerprint density at radius 3 is 2.75 bits per heavy atom. The number of benzene rings is 1. The fraction of sp³-hybridized carbons (Fsp3) is 0.333. The molecular formula is C18H20BrN3O2. The number of pyridine rings is 1. The van der Waals surface area contributed by atoms with Crippen LogP contribution in [-0.4, -0.2) is 29.4 Å². The van der Waals surface area contributed by atoms with Gasteiger partial charge in [0.1, 0.15) is 5.75 Å². The van der Waals surface area contributed by atoms with Gasteiger partial charge in [0.15, 0.2) is 0 Å². The van der Waals surface area contributed by atoms with Gasteiger partial charge in [0.25, 0.3) is 5.91 Å². The molecule has 1 aromatic heterocycles. The van der Waals surface area contributed by atoms with Gasteiger partial charge in [-0.2, -0.15) is 0 Å². The number of ether oxygens (including phenoxy) is 1. The molecule has 5 nitrogen and oxygen atoms in total. The Labute approximate surface area is 150 Å². The number of fused-ring (bicyclic) bond motifs is 1. The van der Waals surface area contributed by atoms with Gasteiger partial charge < -0.3 is 15.0 Å². The molecule has 0 radical (unpaired) electrons. The molecule has 0 unspecified atom stereocenters. The van der Waals surface area contributed by atoms with Gasteiger partial charge in [-0.1, -0.05) is 6.07 Å². The number of aromatic nitrogens is 1. The molecule has 126 valence electrons. The molecular weight excluding hydrogens is 370 g/mol. The lowest BCUT2D eigenvalue weighted by atomic mass is 10.1. The van der Waals surface area contributed by atoms with E-state index in [0.29, 0.717) is 18.7 Å². The number of hydrogen-bond acceptors (Lipinski definition) is 4. The summed E-state index contributed by atoms with van der Waals surface area (Å²) in [4.78, 5) is 18.9. The van der Waals surface area contributed by atoms with E-state index in [2.05, 4.69) is 26.2 Å². The van der Waals surface area contributed by atoms with Crippen molar-refractivity contribution in [3.63, 3.8) is 0 Å². The van der Waals surface area contributed by atoms with Gasteiger partial charge in [0.05, 0.1) is 35.1 Å². The highest BCUT2D eigenvalue weighted by molar-refractivity contribution is 9.10. The molecule has 6 heteroatoms. The fourth-order valence-electron chi connectivity index (χ4n) is 3.03. The molecule has 1 aliphatic heterocycles. The van der Waals surface area contributed by atoms with Crippen LogP contribution in [0.2, 0.25) is 0 Å². The number of nitrogens with zero attached hydrogens (tertiary/aromatic N) is 2. The van der Waals surface area contributed by atoms with Gasteiger partial charge in [-0.05, 0) is 48.3 Å². The SMILES string of the molecule is CCN1Cc2ncc(Br)c(Nc3c(C)ccc(OC)c3C)c2C1=O. The molecule has 2 aromatic rings. The maximum atomic E-state index is 12.7. The van der Waals surface area contributed by atoms with Gasteiger partial charge in [0, 0.05) is 24.0 Å². The van der Waals surface area contributed by atoms with E-state index in [4.69, 9.17) is 4.74 Å². The topological polar surface area (TPSA) is 54.5 Å². The smallest absolute Gasteiger partial charge is 0.258 e. The second kappa shape index (κ2) is 6.43. The summed E-state index contributed by atoms with van der Waals surface area (Å²) in [5.41, 5.74) is 5.27. The van der Waals surface area contributed by atoms with E-state index in [1.165, 1.54) is 0 Å². The largest absolute Gasteiger partial charge is 0.496 e. The number of carbonyl (C=O) groups excluding carboxylic acids is 1. The molecule has 0 fully saturated rings. The van der Waals surface area contributed by atoms with Crippen LogP contribution in [0.15, 0.2) is 22.8 Å². The summed E-state index contributed by atoms with van der Waals surface area (Å²) in [7, 11) is 1.66. The zero-order chi connectivity index (χ0) is 17.4. The average Bonchev–Trinajstić information content (AvgIpc) is 2.90. The molecule has 3 rings (SSSR count). The zero-order valence-corrected chi connectivity index (χ0v) is 15.8. The minimum absolute atomic E-state index is 0.0157. The van der Waals surface area contributed by atoms with Crippen molar-refractivity contribution in [3.8, 4) is 5.75 Å². The number of amides is 1. The number of rotatable bonds is 4. The molecule has 1 aliphatic rings. The Kier molecular flexibility index (Phi) is 4.49. The molecule has 0 saturated carbocycles. The average molecular weight is 390 g/mol. The van der Waals surface area contributed by atoms with E-state index in [0.717, 1.165) is 38.4 Å². The second-order valence-corrected chi connectivity index (χ2v) is 6.69. The van der Waals surface area contributed by atoms with E-state index in [1.54, 1.807) is 18.2 Å². The van der Waals surface area contributed by atoms with Crippen LogP contribution in [0.1, 0.15) is 34.1 Å². The van der Waals surface area contributed by atoms with Crippen molar-refractivity contribution in [3.05, 3.63) is 45.2 Å². The Morgan fingerprint density at radius 1 is 1.33 bits per heavy atom. The third-order valence-electron chi connectivity index (χ3n) is 4.43. The fourth-order valence-corrected chi connectivity index (χ4v) is 3.43. The predicted molar refractivity (Wildman–Crippen MR) is 98.1 cm³/mol. The molecule has 0 atom stereocenters. The van der Waals surface area contributed by atoms with Crippen molar-refractivity contribution in [1.29, 1.82) is 0 Å². The Bertz CT molecular complexity index is 820. The van der Waals surface area contributed by atoms with Crippen LogP contribution in [0.5, 0.6) is 5.75 Å². The highest BCUT2D eigenvalue weighted by Crippen LogP contribution is 2.38. The van der Waals surface area contributed by atoms with E-state index in [1.807, 2.05) is 32.9 Å². The summed E-state index contributed by atoms with van der Waals surface area (Å²) in [6.07, 6.45) is 1.75. The van der Waals surface area contributed by atoms with E-state index >= 15 is 0 Å². The third kappa shape index (κ3) is 2.65. The number of aryl methyl sites for hydroxylation is 1. The van der Waals surface area contributed by atoms with Gasteiger partial charge in [-0.3, -0.25) is 9.78 Å². The minimum atomic E-state index is 0.0157. The molecule has 24 heavy (non-hydrogen) atoms. The van der Waals surface area contributed by atoms with Gasteiger partial charge in [-0.25, -0.2) is 0 Å². The van der Waals surface area contributed by atoms with Crippen LogP contribution in [0.4, 0.5) is 11.4 Å². The maximum Gasteiger partial charge on any atom is 0.258 e. The molecule has 0 aliphatic carbocycles. The normalized spacial score (nSPS) is 13.2. The lowest BCUT2D eigenvalue weighted by molar-refractivity contribution is 0.0787. The summed E-state index contributed by atoms with van der Waals surface area (Å²) in [6.45, 7) is 7.24. The Morgan fingerprint density at radius 2 is 2.08 bits per heavy atom. The molecule has 0 saturated heterocycles.